The number of alkyl carbamates (subject to hydrolysis) is 1. The molecule has 2 N–H and O–H groups in total. The molecule has 0 aliphatic heterocycles. The summed E-state index contributed by atoms with van der Waals surface area (Å²) >= 11 is 0. The number of carbonyl (C=O) groups excluding carboxylic acids is 1. The quantitative estimate of drug-likeness (QED) is 0.545. The van der Waals surface area contributed by atoms with Gasteiger partial charge in [-0.2, -0.15) is 8.42 Å². The smallest absolute Gasteiger partial charge is 0.407 e. The molecule has 6 nitrogen and oxygen atoms in total. The largest absolute Gasteiger partial charge is 0.449 e. The van der Waals surface area contributed by atoms with Gasteiger partial charge in [-0.05, 0) is 34.2 Å². The summed E-state index contributed by atoms with van der Waals surface area (Å²) in [6, 6.07) is 24.4. The zero-order valence-electron chi connectivity index (χ0n) is 16.8. The predicted octanol–water partition coefficient (Wildman–Crippen LogP) is 4.02. The molecule has 1 aliphatic carbocycles. The van der Waals surface area contributed by atoms with Gasteiger partial charge in [0.05, 0.1) is 11.8 Å². The van der Waals surface area contributed by atoms with Crippen LogP contribution in [-0.4, -0.2) is 37.5 Å². The summed E-state index contributed by atoms with van der Waals surface area (Å²) in [6.45, 7) is 0.129. The first-order valence-electron chi connectivity index (χ1n) is 10.0. The van der Waals surface area contributed by atoms with Crippen LogP contribution >= 0.6 is 0 Å². The molecule has 0 bridgehead atoms. The van der Waals surface area contributed by atoms with Crippen molar-refractivity contribution < 1.29 is 22.5 Å². The fourth-order valence-corrected chi connectivity index (χ4v) is 4.82. The minimum Gasteiger partial charge on any atom is -0.449 e. The molecule has 0 fully saturated rings. The van der Waals surface area contributed by atoms with E-state index in [-0.39, 0.29) is 18.9 Å². The van der Waals surface area contributed by atoms with Crippen LogP contribution in [0.3, 0.4) is 0 Å². The lowest BCUT2D eigenvalue weighted by molar-refractivity contribution is 0.140. The van der Waals surface area contributed by atoms with Gasteiger partial charge in [-0.1, -0.05) is 78.9 Å². The molecule has 1 atom stereocenters. The number of hydrogen-bond donors (Lipinski definition) is 2. The number of benzene rings is 3. The van der Waals surface area contributed by atoms with Crippen molar-refractivity contribution in [1.82, 2.24) is 5.32 Å². The summed E-state index contributed by atoms with van der Waals surface area (Å²) in [7, 11) is -4.27. The van der Waals surface area contributed by atoms with Crippen LogP contribution in [0.1, 0.15) is 22.6 Å². The number of hydrogen-bond acceptors (Lipinski definition) is 4. The van der Waals surface area contributed by atoms with Gasteiger partial charge in [0.15, 0.2) is 0 Å². The van der Waals surface area contributed by atoms with Crippen LogP contribution in [0.25, 0.3) is 11.1 Å². The number of amides is 1. The van der Waals surface area contributed by atoms with Crippen molar-refractivity contribution in [3.63, 3.8) is 0 Å². The van der Waals surface area contributed by atoms with Gasteiger partial charge in [-0.25, -0.2) is 4.79 Å². The van der Waals surface area contributed by atoms with Crippen LogP contribution in [0.15, 0.2) is 78.9 Å². The van der Waals surface area contributed by atoms with Crippen molar-refractivity contribution in [3.05, 3.63) is 95.6 Å². The number of nitrogens with one attached hydrogen (secondary N) is 1. The van der Waals surface area contributed by atoms with Gasteiger partial charge < -0.3 is 10.1 Å². The molecule has 0 aromatic heterocycles. The second-order valence-corrected chi connectivity index (χ2v) is 9.10. The first-order chi connectivity index (χ1) is 14.9. The Labute approximate surface area is 181 Å². The number of carbonyl (C=O) groups is 1. The lowest BCUT2D eigenvalue weighted by Crippen LogP contribution is -2.41. The normalized spacial score (nSPS) is 13.8. The summed E-state index contributed by atoms with van der Waals surface area (Å²) in [4.78, 5) is 12.5. The molecular weight excluding hydrogens is 414 g/mol. The van der Waals surface area contributed by atoms with E-state index in [4.69, 9.17) is 4.74 Å². The molecule has 4 rings (SSSR count). The zero-order valence-corrected chi connectivity index (χ0v) is 17.6. The number of ether oxygens (including phenoxy) is 1. The van der Waals surface area contributed by atoms with Crippen molar-refractivity contribution >= 4 is 16.2 Å². The molecule has 0 heterocycles. The van der Waals surface area contributed by atoms with Gasteiger partial charge in [0, 0.05) is 5.92 Å². The molecule has 3 aromatic carbocycles. The van der Waals surface area contributed by atoms with E-state index in [9.17, 15) is 17.8 Å². The Morgan fingerprint density at radius 1 is 0.903 bits per heavy atom. The van der Waals surface area contributed by atoms with Gasteiger partial charge in [-0.3, -0.25) is 4.55 Å². The Balaban J connectivity index is 1.45. The first kappa shape index (κ1) is 21.1. The highest BCUT2D eigenvalue weighted by Crippen LogP contribution is 2.44. The molecule has 0 spiro atoms. The van der Waals surface area contributed by atoms with Crippen molar-refractivity contribution in [1.29, 1.82) is 0 Å². The monoisotopic (exact) mass is 437 g/mol. The molecule has 3 aromatic rings. The van der Waals surface area contributed by atoms with Crippen LogP contribution in [0.2, 0.25) is 0 Å². The molecule has 160 valence electrons. The Bertz CT molecular complexity index is 1130. The van der Waals surface area contributed by atoms with Gasteiger partial charge in [0.1, 0.15) is 6.61 Å². The van der Waals surface area contributed by atoms with Gasteiger partial charge >= 0.3 is 6.09 Å². The average molecular weight is 438 g/mol. The molecule has 0 saturated heterocycles. The van der Waals surface area contributed by atoms with Crippen molar-refractivity contribution in [2.24, 2.45) is 0 Å². The maximum Gasteiger partial charge on any atom is 0.407 e. The number of fused-ring (bicyclic) bond motifs is 3. The number of rotatable bonds is 7. The lowest BCUT2D eigenvalue weighted by Gasteiger charge is -2.19. The van der Waals surface area contributed by atoms with Crippen molar-refractivity contribution in [3.8, 4) is 11.1 Å². The van der Waals surface area contributed by atoms with E-state index in [0.29, 0.717) is 0 Å². The van der Waals surface area contributed by atoms with E-state index in [1.54, 1.807) is 0 Å². The van der Waals surface area contributed by atoms with E-state index >= 15 is 0 Å². The average Bonchev–Trinajstić information content (AvgIpc) is 3.06. The molecule has 31 heavy (non-hydrogen) atoms. The SMILES string of the molecule is O=C(N[C@@H](Cc1ccccc1)CS(=O)(=O)O)OCC1c2ccccc2-c2ccccc21. The van der Waals surface area contributed by atoms with Crippen molar-refractivity contribution in [2.75, 3.05) is 12.4 Å². The van der Waals surface area contributed by atoms with Crippen LogP contribution in [-0.2, 0) is 21.3 Å². The highest BCUT2D eigenvalue weighted by molar-refractivity contribution is 7.85. The molecular formula is C24H23NO5S. The van der Waals surface area contributed by atoms with E-state index in [2.05, 4.69) is 17.4 Å². The Morgan fingerprint density at radius 3 is 2.03 bits per heavy atom. The third-order valence-electron chi connectivity index (χ3n) is 5.40. The lowest BCUT2D eigenvalue weighted by atomic mass is 9.98. The molecule has 0 saturated carbocycles. The predicted molar refractivity (Wildman–Crippen MR) is 119 cm³/mol. The Kier molecular flexibility index (Phi) is 6.06. The van der Waals surface area contributed by atoms with Gasteiger partial charge in [-0.15, -0.1) is 0 Å². The fraction of sp³-hybridized carbons (Fsp3) is 0.208. The molecule has 0 radical (unpaired) electrons. The topological polar surface area (TPSA) is 92.7 Å². The zero-order chi connectivity index (χ0) is 21.8. The van der Waals surface area contributed by atoms with E-state index in [0.717, 1.165) is 27.8 Å². The minimum absolute atomic E-state index is 0.0905. The highest BCUT2D eigenvalue weighted by Gasteiger charge is 2.29. The van der Waals surface area contributed by atoms with Crippen LogP contribution in [0.5, 0.6) is 0 Å². The molecule has 0 unspecified atom stereocenters. The molecule has 7 heteroatoms. The second kappa shape index (κ2) is 8.91. The maximum atomic E-state index is 12.5. The standard InChI is InChI=1S/C24H23NO5S/c26-24(25-18(16-31(27,28)29)14-17-8-2-1-3-9-17)30-15-23-21-12-6-4-10-19(21)20-11-5-7-13-22(20)23/h1-13,18,23H,14-16H2,(H,25,26)(H,27,28,29)/t18-/m0/s1. The van der Waals surface area contributed by atoms with Crippen LogP contribution < -0.4 is 5.32 Å². The Morgan fingerprint density at radius 2 is 1.45 bits per heavy atom. The summed E-state index contributed by atoms with van der Waals surface area (Å²) in [5, 5.41) is 2.59. The van der Waals surface area contributed by atoms with Crippen LogP contribution in [0, 0.1) is 0 Å². The van der Waals surface area contributed by atoms with Gasteiger partial charge in [0.25, 0.3) is 10.1 Å². The summed E-state index contributed by atoms with van der Waals surface area (Å²) < 4.78 is 37.6. The van der Waals surface area contributed by atoms with Crippen molar-refractivity contribution in [2.45, 2.75) is 18.4 Å². The summed E-state index contributed by atoms with van der Waals surface area (Å²) in [6.07, 6.45) is -0.461. The molecule has 1 amide bonds. The van der Waals surface area contributed by atoms with Crippen LogP contribution in [0.4, 0.5) is 4.79 Å². The second-order valence-electron chi connectivity index (χ2n) is 7.61. The highest BCUT2D eigenvalue weighted by atomic mass is 32.2. The third kappa shape index (κ3) is 5.13. The third-order valence-corrected chi connectivity index (χ3v) is 6.23. The van der Waals surface area contributed by atoms with E-state index in [1.807, 2.05) is 66.7 Å². The minimum atomic E-state index is -4.27. The van der Waals surface area contributed by atoms with E-state index < -0.39 is 28.0 Å². The first-order valence-corrected chi connectivity index (χ1v) is 11.6. The van der Waals surface area contributed by atoms with E-state index in [1.165, 1.54) is 0 Å². The fourth-order valence-electron chi connectivity index (χ4n) is 4.11. The maximum absolute atomic E-state index is 12.5. The summed E-state index contributed by atoms with van der Waals surface area (Å²) in [5.74, 6) is -0.682. The summed E-state index contributed by atoms with van der Waals surface area (Å²) in [5.41, 5.74) is 5.28. The van der Waals surface area contributed by atoms with Gasteiger partial charge in [0.2, 0.25) is 0 Å². The Hall–Kier alpha value is -3.16. The molecule has 1 aliphatic rings.